The summed E-state index contributed by atoms with van der Waals surface area (Å²) < 4.78 is 0. The number of hydrogen-bond donors (Lipinski definition) is 2. The first-order valence-corrected chi connectivity index (χ1v) is 11.7. The van der Waals surface area contributed by atoms with E-state index in [1.54, 1.807) is 23.9 Å². The molecule has 2 unspecified atom stereocenters. The number of aliphatic hydroxyl groups excluding tert-OH is 1. The Balaban J connectivity index is 1.97. The fraction of sp³-hybridized carbons (Fsp3) is 0.364. The van der Waals surface area contributed by atoms with Crippen LogP contribution < -0.4 is 5.32 Å². The van der Waals surface area contributed by atoms with Gasteiger partial charge in [0.15, 0.2) is 0 Å². The number of carbonyl (C=O) groups excluding carboxylic acids is 2. The fourth-order valence-electron chi connectivity index (χ4n) is 2.74. The maximum absolute atomic E-state index is 12.7. The number of hydrogen-bond acceptors (Lipinski definition) is 5. The molecule has 2 N–H and O–H groups in total. The minimum Gasteiger partial charge on any atom is -0.374 e. The minimum atomic E-state index is -0.854. The lowest BCUT2D eigenvalue weighted by molar-refractivity contribution is -0.127. The van der Waals surface area contributed by atoms with Gasteiger partial charge in [-0.05, 0) is 36.8 Å². The van der Waals surface area contributed by atoms with E-state index in [1.807, 2.05) is 54.8 Å². The molecule has 1 amide bonds. The molecule has 4 nitrogen and oxygen atoms in total. The largest absolute Gasteiger partial charge is 0.374 e. The summed E-state index contributed by atoms with van der Waals surface area (Å²) in [7, 11) is 0. The SMILES string of the molecule is CSCCCC(O)NC(=O)C(CSC(=O)c1ccccc1)Cc1ccccc1. The second kappa shape index (κ2) is 12.6. The van der Waals surface area contributed by atoms with Crippen molar-refractivity contribution >= 4 is 34.5 Å². The van der Waals surface area contributed by atoms with Gasteiger partial charge in [0.1, 0.15) is 6.23 Å². The third-order valence-corrected chi connectivity index (χ3v) is 6.02. The van der Waals surface area contributed by atoms with Crippen LogP contribution in [0.25, 0.3) is 0 Å². The van der Waals surface area contributed by atoms with Crippen LogP contribution >= 0.6 is 23.5 Å². The highest BCUT2D eigenvalue weighted by molar-refractivity contribution is 8.14. The van der Waals surface area contributed by atoms with Gasteiger partial charge in [0, 0.05) is 11.3 Å². The van der Waals surface area contributed by atoms with Crippen molar-refractivity contribution in [2.75, 3.05) is 17.8 Å². The van der Waals surface area contributed by atoms with Crippen LogP contribution in [0, 0.1) is 5.92 Å². The topological polar surface area (TPSA) is 66.4 Å². The smallest absolute Gasteiger partial charge is 0.226 e. The van der Waals surface area contributed by atoms with E-state index >= 15 is 0 Å². The van der Waals surface area contributed by atoms with Gasteiger partial charge in [0.25, 0.3) is 0 Å². The molecule has 0 aliphatic rings. The van der Waals surface area contributed by atoms with E-state index in [9.17, 15) is 14.7 Å². The van der Waals surface area contributed by atoms with Crippen LogP contribution in [0.4, 0.5) is 0 Å². The van der Waals surface area contributed by atoms with Gasteiger partial charge >= 0.3 is 0 Å². The number of amides is 1. The summed E-state index contributed by atoms with van der Waals surface area (Å²) >= 11 is 2.86. The van der Waals surface area contributed by atoms with Gasteiger partial charge < -0.3 is 10.4 Å². The summed E-state index contributed by atoms with van der Waals surface area (Å²) in [6.07, 6.45) is 3.06. The van der Waals surface area contributed by atoms with E-state index in [2.05, 4.69) is 5.32 Å². The molecule has 150 valence electrons. The Hall–Kier alpha value is -1.76. The molecule has 0 spiro atoms. The van der Waals surface area contributed by atoms with Gasteiger partial charge in [-0.25, -0.2) is 0 Å². The fourth-order valence-corrected chi connectivity index (χ4v) is 4.11. The molecule has 2 atom stereocenters. The Kier molecular flexibility index (Phi) is 10.2. The first kappa shape index (κ1) is 22.5. The summed E-state index contributed by atoms with van der Waals surface area (Å²) in [6, 6.07) is 18.8. The summed E-state index contributed by atoms with van der Waals surface area (Å²) in [6.45, 7) is 0. The molecule has 0 aromatic heterocycles. The molecule has 6 heteroatoms. The van der Waals surface area contributed by atoms with Gasteiger partial charge in [-0.3, -0.25) is 9.59 Å². The predicted molar refractivity (Wildman–Crippen MR) is 119 cm³/mol. The number of thioether (sulfide) groups is 2. The van der Waals surface area contributed by atoms with Crippen LogP contribution in [0.3, 0.4) is 0 Å². The lowest BCUT2D eigenvalue weighted by atomic mass is 10.00. The number of carbonyl (C=O) groups is 2. The third kappa shape index (κ3) is 8.09. The molecule has 0 fully saturated rings. The Bertz CT molecular complexity index is 725. The second-order valence-corrected chi connectivity index (χ2v) is 8.49. The summed E-state index contributed by atoms with van der Waals surface area (Å²) in [5.74, 6) is 0.706. The van der Waals surface area contributed by atoms with Crippen LogP contribution in [0.5, 0.6) is 0 Å². The van der Waals surface area contributed by atoms with E-state index in [0.717, 1.165) is 29.5 Å². The van der Waals surface area contributed by atoms with E-state index in [0.29, 0.717) is 24.2 Å². The number of rotatable bonds is 11. The van der Waals surface area contributed by atoms with Crippen LogP contribution in [0.2, 0.25) is 0 Å². The molecule has 0 aliphatic heterocycles. The molecule has 28 heavy (non-hydrogen) atoms. The standard InChI is InChI=1S/C22H27NO3S2/c1-27-14-8-13-20(24)23-21(25)19(15-17-9-4-2-5-10-17)16-28-22(26)18-11-6-3-7-12-18/h2-7,9-12,19-20,24H,8,13-16H2,1H3,(H,23,25). The van der Waals surface area contributed by atoms with E-state index < -0.39 is 12.1 Å². The average molecular weight is 418 g/mol. The maximum Gasteiger partial charge on any atom is 0.226 e. The first-order chi connectivity index (χ1) is 13.6. The zero-order valence-electron chi connectivity index (χ0n) is 16.0. The van der Waals surface area contributed by atoms with Crippen molar-refractivity contribution in [2.24, 2.45) is 5.92 Å². The first-order valence-electron chi connectivity index (χ1n) is 9.33. The molecular weight excluding hydrogens is 390 g/mol. The molecule has 0 bridgehead atoms. The van der Waals surface area contributed by atoms with Gasteiger partial charge in [-0.2, -0.15) is 11.8 Å². The number of benzene rings is 2. The summed E-state index contributed by atoms with van der Waals surface area (Å²) in [4.78, 5) is 25.1. The van der Waals surface area contributed by atoms with Crippen LogP contribution in [-0.2, 0) is 11.2 Å². The number of aliphatic hydroxyl groups is 1. The Morgan fingerprint density at radius 1 is 1.04 bits per heavy atom. The Labute approximate surface area is 175 Å². The van der Waals surface area contributed by atoms with Crippen molar-refractivity contribution < 1.29 is 14.7 Å². The predicted octanol–water partition coefficient (Wildman–Crippen LogP) is 4.00. The zero-order chi connectivity index (χ0) is 20.2. The Morgan fingerprint density at radius 3 is 2.32 bits per heavy atom. The third-order valence-electron chi connectivity index (χ3n) is 4.26. The lowest BCUT2D eigenvalue weighted by Crippen LogP contribution is -2.40. The molecule has 0 saturated carbocycles. The molecule has 0 heterocycles. The minimum absolute atomic E-state index is 0.0491. The zero-order valence-corrected chi connectivity index (χ0v) is 17.7. The Morgan fingerprint density at radius 2 is 1.68 bits per heavy atom. The van der Waals surface area contributed by atoms with Crippen LogP contribution in [0.15, 0.2) is 60.7 Å². The molecule has 0 saturated heterocycles. The van der Waals surface area contributed by atoms with Crippen molar-refractivity contribution in [2.45, 2.75) is 25.5 Å². The van der Waals surface area contributed by atoms with E-state index in [1.165, 1.54) is 0 Å². The van der Waals surface area contributed by atoms with Gasteiger partial charge in [-0.15, -0.1) is 0 Å². The highest BCUT2D eigenvalue weighted by atomic mass is 32.2. The van der Waals surface area contributed by atoms with Gasteiger partial charge in [-0.1, -0.05) is 72.4 Å². The van der Waals surface area contributed by atoms with Crippen molar-refractivity contribution in [3.63, 3.8) is 0 Å². The summed E-state index contributed by atoms with van der Waals surface area (Å²) in [5, 5.41) is 12.8. The normalized spacial score (nSPS) is 12.9. The molecule has 0 radical (unpaired) electrons. The monoisotopic (exact) mass is 417 g/mol. The van der Waals surface area contributed by atoms with Crippen LogP contribution in [-0.4, -0.2) is 40.1 Å². The average Bonchev–Trinajstić information content (AvgIpc) is 2.72. The molecule has 2 aromatic carbocycles. The lowest BCUT2D eigenvalue weighted by Gasteiger charge is -2.19. The van der Waals surface area contributed by atoms with Crippen molar-refractivity contribution in [3.05, 3.63) is 71.8 Å². The van der Waals surface area contributed by atoms with E-state index in [4.69, 9.17) is 0 Å². The molecule has 2 rings (SSSR count). The maximum atomic E-state index is 12.7. The highest BCUT2D eigenvalue weighted by Crippen LogP contribution is 2.19. The van der Waals surface area contributed by atoms with Crippen LogP contribution in [0.1, 0.15) is 28.8 Å². The van der Waals surface area contributed by atoms with Crippen molar-refractivity contribution in [1.29, 1.82) is 0 Å². The van der Waals surface area contributed by atoms with Crippen molar-refractivity contribution in [1.82, 2.24) is 5.32 Å². The number of nitrogens with one attached hydrogen (secondary N) is 1. The highest BCUT2D eigenvalue weighted by Gasteiger charge is 2.23. The van der Waals surface area contributed by atoms with Gasteiger partial charge in [0.2, 0.25) is 11.0 Å². The quantitative estimate of drug-likeness (QED) is 0.427. The van der Waals surface area contributed by atoms with E-state index in [-0.39, 0.29) is 11.0 Å². The van der Waals surface area contributed by atoms with Gasteiger partial charge in [0.05, 0.1) is 5.92 Å². The van der Waals surface area contributed by atoms with Crippen molar-refractivity contribution in [3.8, 4) is 0 Å². The summed E-state index contributed by atoms with van der Waals surface area (Å²) in [5.41, 5.74) is 1.66. The second-order valence-electron chi connectivity index (χ2n) is 6.51. The molecule has 2 aromatic rings. The molecule has 0 aliphatic carbocycles. The molecular formula is C22H27NO3S2.